The number of halogens is 1. The highest BCUT2D eigenvalue weighted by Gasteiger charge is 2.12. The SMILES string of the molecule is Cc1cccc(CN2CCOCC2)c1Cl. The molecule has 1 saturated heterocycles. The Labute approximate surface area is 95.8 Å². The van der Waals surface area contributed by atoms with E-state index in [1.165, 1.54) is 5.56 Å². The summed E-state index contributed by atoms with van der Waals surface area (Å²) in [6, 6.07) is 6.22. The van der Waals surface area contributed by atoms with Gasteiger partial charge in [0.1, 0.15) is 0 Å². The van der Waals surface area contributed by atoms with Crippen molar-refractivity contribution in [3.63, 3.8) is 0 Å². The number of nitrogens with zero attached hydrogens (tertiary/aromatic N) is 1. The van der Waals surface area contributed by atoms with Gasteiger partial charge in [0.15, 0.2) is 0 Å². The molecule has 0 unspecified atom stereocenters. The van der Waals surface area contributed by atoms with E-state index < -0.39 is 0 Å². The molecule has 1 fully saturated rings. The Hall–Kier alpha value is -0.570. The summed E-state index contributed by atoms with van der Waals surface area (Å²) in [5.41, 5.74) is 2.38. The van der Waals surface area contributed by atoms with Crippen LogP contribution in [0.1, 0.15) is 11.1 Å². The highest BCUT2D eigenvalue weighted by atomic mass is 35.5. The molecule has 15 heavy (non-hydrogen) atoms. The molecule has 0 saturated carbocycles. The molecule has 0 radical (unpaired) electrons. The lowest BCUT2D eigenvalue weighted by atomic mass is 10.1. The predicted octanol–water partition coefficient (Wildman–Crippen LogP) is 2.48. The first kappa shape index (κ1) is 10.9. The molecule has 0 aromatic heterocycles. The summed E-state index contributed by atoms with van der Waals surface area (Å²) < 4.78 is 5.32. The molecule has 0 atom stereocenters. The van der Waals surface area contributed by atoms with Crippen LogP contribution in [0.4, 0.5) is 0 Å². The van der Waals surface area contributed by atoms with Crippen molar-refractivity contribution >= 4 is 11.6 Å². The minimum absolute atomic E-state index is 0.837. The van der Waals surface area contributed by atoms with Crippen molar-refractivity contribution in [1.29, 1.82) is 0 Å². The third-order valence-electron chi connectivity index (χ3n) is 2.77. The highest BCUT2D eigenvalue weighted by molar-refractivity contribution is 6.32. The molecule has 82 valence electrons. The van der Waals surface area contributed by atoms with E-state index in [9.17, 15) is 0 Å². The van der Waals surface area contributed by atoms with Crippen LogP contribution in [-0.4, -0.2) is 31.2 Å². The minimum Gasteiger partial charge on any atom is -0.379 e. The standard InChI is InChI=1S/C12H16ClNO/c1-10-3-2-4-11(12(10)13)9-14-5-7-15-8-6-14/h2-4H,5-9H2,1H3. The molecule has 0 N–H and O–H groups in total. The largest absolute Gasteiger partial charge is 0.379 e. The lowest BCUT2D eigenvalue weighted by Gasteiger charge is -2.27. The Morgan fingerprint density at radius 3 is 2.80 bits per heavy atom. The maximum Gasteiger partial charge on any atom is 0.0594 e. The van der Waals surface area contributed by atoms with Gasteiger partial charge in [0.2, 0.25) is 0 Å². The van der Waals surface area contributed by atoms with Gasteiger partial charge in [-0.25, -0.2) is 0 Å². The van der Waals surface area contributed by atoms with E-state index in [2.05, 4.69) is 17.0 Å². The fourth-order valence-electron chi connectivity index (χ4n) is 1.83. The first-order chi connectivity index (χ1) is 7.27. The van der Waals surface area contributed by atoms with Crippen LogP contribution in [0, 0.1) is 6.92 Å². The third-order valence-corrected chi connectivity index (χ3v) is 3.31. The maximum absolute atomic E-state index is 6.25. The second-order valence-electron chi connectivity index (χ2n) is 3.94. The van der Waals surface area contributed by atoms with Gasteiger partial charge in [-0.15, -0.1) is 0 Å². The zero-order valence-electron chi connectivity index (χ0n) is 9.00. The summed E-state index contributed by atoms with van der Waals surface area (Å²) in [6.45, 7) is 6.66. The topological polar surface area (TPSA) is 12.5 Å². The van der Waals surface area contributed by atoms with Crippen LogP contribution < -0.4 is 0 Å². The number of benzene rings is 1. The zero-order valence-corrected chi connectivity index (χ0v) is 9.76. The number of hydrogen-bond acceptors (Lipinski definition) is 2. The zero-order chi connectivity index (χ0) is 10.7. The van der Waals surface area contributed by atoms with Gasteiger partial charge in [0.25, 0.3) is 0 Å². The molecular weight excluding hydrogens is 210 g/mol. The fourth-order valence-corrected chi connectivity index (χ4v) is 2.02. The molecular formula is C12H16ClNO. The summed E-state index contributed by atoms with van der Waals surface area (Å²) in [5, 5.41) is 0.906. The van der Waals surface area contributed by atoms with E-state index in [-0.39, 0.29) is 0 Å². The van der Waals surface area contributed by atoms with E-state index in [0.29, 0.717) is 0 Å². The van der Waals surface area contributed by atoms with Gasteiger partial charge in [-0.1, -0.05) is 29.8 Å². The van der Waals surface area contributed by atoms with Crippen LogP contribution >= 0.6 is 11.6 Å². The average molecular weight is 226 g/mol. The molecule has 0 spiro atoms. The summed E-state index contributed by atoms with van der Waals surface area (Å²) in [7, 11) is 0. The Balaban J connectivity index is 2.06. The lowest BCUT2D eigenvalue weighted by Crippen LogP contribution is -2.35. The maximum atomic E-state index is 6.25. The van der Waals surface area contributed by atoms with Crippen LogP contribution in [0.25, 0.3) is 0 Å². The normalized spacial score (nSPS) is 18.0. The molecule has 0 aliphatic carbocycles. The van der Waals surface area contributed by atoms with E-state index in [1.54, 1.807) is 0 Å². The van der Waals surface area contributed by atoms with Gasteiger partial charge >= 0.3 is 0 Å². The third kappa shape index (κ3) is 2.71. The molecule has 1 aromatic rings. The van der Waals surface area contributed by atoms with Crippen molar-refractivity contribution in [2.24, 2.45) is 0 Å². The average Bonchev–Trinajstić information content (AvgIpc) is 2.26. The minimum atomic E-state index is 0.837. The molecule has 0 amide bonds. The van der Waals surface area contributed by atoms with Crippen LogP contribution in [-0.2, 0) is 11.3 Å². The number of aryl methyl sites for hydroxylation is 1. The van der Waals surface area contributed by atoms with Gasteiger partial charge < -0.3 is 4.74 Å². The van der Waals surface area contributed by atoms with Gasteiger partial charge in [-0.3, -0.25) is 4.90 Å². The Morgan fingerprint density at radius 2 is 2.07 bits per heavy atom. The molecule has 1 aliphatic rings. The molecule has 1 aromatic carbocycles. The van der Waals surface area contributed by atoms with Crippen molar-refractivity contribution in [1.82, 2.24) is 4.90 Å². The molecule has 2 rings (SSSR count). The molecule has 1 heterocycles. The van der Waals surface area contributed by atoms with E-state index >= 15 is 0 Å². The van der Waals surface area contributed by atoms with Crippen LogP contribution in [0.5, 0.6) is 0 Å². The van der Waals surface area contributed by atoms with Crippen LogP contribution in [0.3, 0.4) is 0 Å². The van der Waals surface area contributed by atoms with Crippen molar-refractivity contribution in [3.05, 3.63) is 34.3 Å². The van der Waals surface area contributed by atoms with Crippen molar-refractivity contribution in [2.45, 2.75) is 13.5 Å². The number of ether oxygens (including phenoxy) is 1. The Kier molecular flexibility index (Phi) is 3.62. The number of hydrogen-bond donors (Lipinski definition) is 0. The van der Waals surface area contributed by atoms with Gasteiger partial charge in [0, 0.05) is 24.7 Å². The van der Waals surface area contributed by atoms with Crippen LogP contribution in [0.15, 0.2) is 18.2 Å². The summed E-state index contributed by atoms with van der Waals surface area (Å²) in [6.07, 6.45) is 0. The molecule has 2 nitrogen and oxygen atoms in total. The molecule has 0 bridgehead atoms. The number of morpholine rings is 1. The monoisotopic (exact) mass is 225 g/mol. The van der Waals surface area contributed by atoms with E-state index in [4.69, 9.17) is 16.3 Å². The number of rotatable bonds is 2. The van der Waals surface area contributed by atoms with E-state index in [1.807, 2.05) is 13.0 Å². The summed E-state index contributed by atoms with van der Waals surface area (Å²) in [4.78, 5) is 2.38. The predicted molar refractivity (Wildman–Crippen MR) is 62.3 cm³/mol. The quantitative estimate of drug-likeness (QED) is 0.767. The van der Waals surface area contributed by atoms with Gasteiger partial charge in [-0.05, 0) is 18.1 Å². The Morgan fingerprint density at radius 1 is 1.33 bits per heavy atom. The Bertz CT molecular complexity index is 334. The smallest absolute Gasteiger partial charge is 0.0594 e. The van der Waals surface area contributed by atoms with Crippen molar-refractivity contribution < 1.29 is 4.74 Å². The van der Waals surface area contributed by atoms with Crippen molar-refractivity contribution in [3.8, 4) is 0 Å². The first-order valence-corrected chi connectivity index (χ1v) is 5.69. The van der Waals surface area contributed by atoms with E-state index in [0.717, 1.165) is 43.4 Å². The lowest BCUT2D eigenvalue weighted by molar-refractivity contribution is 0.0342. The summed E-state index contributed by atoms with van der Waals surface area (Å²) in [5.74, 6) is 0. The van der Waals surface area contributed by atoms with Gasteiger partial charge in [0.05, 0.1) is 13.2 Å². The first-order valence-electron chi connectivity index (χ1n) is 5.31. The van der Waals surface area contributed by atoms with Crippen molar-refractivity contribution in [2.75, 3.05) is 26.3 Å². The second kappa shape index (κ2) is 4.97. The summed E-state index contributed by atoms with van der Waals surface area (Å²) >= 11 is 6.25. The van der Waals surface area contributed by atoms with Crippen LogP contribution in [0.2, 0.25) is 5.02 Å². The highest BCUT2D eigenvalue weighted by Crippen LogP contribution is 2.21. The fraction of sp³-hybridized carbons (Fsp3) is 0.500. The van der Waals surface area contributed by atoms with Gasteiger partial charge in [-0.2, -0.15) is 0 Å². The second-order valence-corrected chi connectivity index (χ2v) is 4.31. The molecule has 1 aliphatic heterocycles. The molecule has 3 heteroatoms.